The van der Waals surface area contributed by atoms with Gasteiger partial charge >= 0.3 is 0 Å². The van der Waals surface area contributed by atoms with Crippen LogP contribution in [0, 0.1) is 0 Å². The van der Waals surface area contributed by atoms with Crippen molar-refractivity contribution in [3.63, 3.8) is 0 Å². The first-order valence-corrected chi connectivity index (χ1v) is 8.40. The fraction of sp³-hybridized carbons (Fsp3) is 0.444. The second kappa shape index (κ2) is 7.62. The average molecular weight is 303 g/mol. The summed E-state index contributed by atoms with van der Waals surface area (Å²) in [5, 5.41) is 3.44. The van der Waals surface area contributed by atoms with Crippen molar-refractivity contribution in [2.24, 2.45) is 0 Å². The minimum Gasteiger partial charge on any atom is -0.488 e. The van der Waals surface area contributed by atoms with Crippen LogP contribution < -0.4 is 10.1 Å². The topological polar surface area (TPSA) is 21.3 Å². The van der Waals surface area contributed by atoms with Gasteiger partial charge in [-0.2, -0.15) is 0 Å². The molecule has 1 N–H and O–H groups in total. The van der Waals surface area contributed by atoms with Crippen LogP contribution in [-0.2, 0) is 13.2 Å². The average Bonchev–Trinajstić information content (AvgIpc) is 2.91. The molecule has 3 heteroatoms. The molecule has 1 heterocycles. The van der Waals surface area contributed by atoms with E-state index in [-0.39, 0.29) is 0 Å². The number of nitrogens with one attached hydrogen (secondary N) is 1. The smallest absolute Gasteiger partial charge is 0.122 e. The molecule has 0 aliphatic heterocycles. The van der Waals surface area contributed by atoms with E-state index in [0.29, 0.717) is 18.6 Å². The van der Waals surface area contributed by atoms with Gasteiger partial charge in [-0.1, -0.05) is 39.8 Å². The Balaban J connectivity index is 1.85. The molecule has 0 amide bonds. The van der Waals surface area contributed by atoms with E-state index in [1.165, 1.54) is 15.3 Å². The predicted octanol–water partition coefficient (Wildman–Crippen LogP) is 4.95. The Morgan fingerprint density at radius 1 is 0.952 bits per heavy atom. The molecular formula is C18H25NOS. The first-order valence-electron chi connectivity index (χ1n) is 7.58. The van der Waals surface area contributed by atoms with Gasteiger partial charge in [0, 0.05) is 22.3 Å². The largest absolute Gasteiger partial charge is 0.488 e. The molecule has 0 atom stereocenters. The van der Waals surface area contributed by atoms with Crippen molar-refractivity contribution in [2.75, 3.05) is 0 Å². The van der Waals surface area contributed by atoms with Gasteiger partial charge in [-0.25, -0.2) is 0 Å². The third kappa shape index (κ3) is 5.18. The van der Waals surface area contributed by atoms with Gasteiger partial charge in [-0.3, -0.25) is 0 Å². The highest BCUT2D eigenvalue weighted by molar-refractivity contribution is 7.11. The van der Waals surface area contributed by atoms with Gasteiger partial charge in [0.2, 0.25) is 0 Å². The van der Waals surface area contributed by atoms with Gasteiger partial charge in [0.1, 0.15) is 12.4 Å². The highest BCUT2D eigenvalue weighted by atomic mass is 32.1. The van der Waals surface area contributed by atoms with Crippen LogP contribution in [0.25, 0.3) is 0 Å². The van der Waals surface area contributed by atoms with Crippen molar-refractivity contribution >= 4 is 11.3 Å². The molecule has 2 nitrogen and oxygen atoms in total. The lowest BCUT2D eigenvalue weighted by molar-refractivity contribution is 0.309. The Bertz CT molecular complexity index is 543. The zero-order chi connectivity index (χ0) is 15.2. The molecular weight excluding hydrogens is 278 g/mol. The third-order valence-corrected chi connectivity index (χ3v) is 4.39. The van der Waals surface area contributed by atoms with Gasteiger partial charge in [0.05, 0.1) is 0 Å². The van der Waals surface area contributed by atoms with Crippen molar-refractivity contribution in [3.05, 3.63) is 51.7 Å². The molecule has 0 aliphatic rings. The summed E-state index contributed by atoms with van der Waals surface area (Å²) in [4.78, 5) is 2.63. The molecule has 0 aliphatic carbocycles. The number of hydrogen-bond acceptors (Lipinski definition) is 3. The summed E-state index contributed by atoms with van der Waals surface area (Å²) in [6.45, 7) is 10.3. The van der Waals surface area contributed by atoms with Crippen LogP contribution in [0.5, 0.6) is 5.75 Å². The molecule has 114 valence electrons. The van der Waals surface area contributed by atoms with E-state index >= 15 is 0 Å². The first kappa shape index (κ1) is 16.1. The molecule has 0 saturated heterocycles. The summed E-state index contributed by atoms with van der Waals surface area (Å²) in [6.07, 6.45) is 0. The van der Waals surface area contributed by atoms with Crippen molar-refractivity contribution in [3.8, 4) is 5.75 Å². The molecule has 0 bridgehead atoms. The Hall–Kier alpha value is -1.32. The van der Waals surface area contributed by atoms with Crippen LogP contribution in [0.15, 0.2) is 36.4 Å². The Morgan fingerprint density at radius 3 is 2.24 bits per heavy atom. The molecule has 0 spiro atoms. The highest BCUT2D eigenvalue weighted by Gasteiger charge is 2.03. The van der Waals surface area contributed by atoms with Crippen LogP contribution in [-0.4, -0.2) is 6.04 Å². The fourth-order valence-corrected chi connectivity index (χ4v) is 2.89. The predicted molar refractivity (Wildman–Crippen MR) is 91.2 cm³/mol. The molecule has 0 radical (unpaired) electrons. The van der Waals surface area contributed by atoms with Crippen LogP contribution in [0.2, 0.25) is 0 Å². The van der Waals surface area contributed by atoms with E-state index in [4.69, 9.17) is 4.74 Å². The van der Waals surface area contributed by atoms with E-state index in [9.17, 15) is 0 Å². The number of ether oxygens (including phenoxy) is 1. The summed E-state index contributed by atoms with van der Waals surface area (Å²) in [7, 11) is 0. The fourth-order valence-electron chi connectivity index (χ4n) is 2.00. The maximum Gasteiger partial charge on any atom is 0.122 e. The Morgan fingerprint density at radius 2 is 1.62 bits per heavy atom. The first-order chi connectivity index (χ1) is 10.0. The summed E-state index contributed by atoms with van der Waals surface area (Å²) < 4.78 is 5.86. The molecule has 1 aromatic heterocycles. The van der Waals surface area contributed by atoms with Crippen LogP contribution in [0.1, 0.15) is 48.9 Å². The Kier molecular flexibility index (Phi) is 5.83. The molecule has 21 heavy (non-hydrogen) atoms. The summed E-state index contributed by atoms with van der Waals surface area (Å²) in [5.74, 6) is 1.50. The van der Waals surface area contributed by atoms with E-state index in [0.717, 1.165) is 12.3 Å². The van der Waals surface area contributed by atoms with Crippen LogP contribution in [0.4, 0.5) is 0 Å². The van der Waals surface area contributed by atoms with Gasteiger partial charge in [0.15, 0.2) is 0 Å². The maximum atomic E-state index is 5.86. The van der Waals surface area contributed by atoms with Crippen LogP contribution in [0.3, 0.4) is 0 Å². The number of thiophene rings is 1. The Labute approximate surface area is 132 Å². The lowest BCUT2D eigenvalue weighted by Gasteiger charge is -2.08. The number of benzene rings is 1. The molecule has 0 saturated carbocycles. The second-order valence-corrected chi connectivity index (χ2v) is 7.17. The molecule has 2 aromatic rings. The minimum atomic E-state index is 0.520. The molecule has 2 rings (SSSR count). The molecule has 0 fully saturated rings. The van der Waals surface area contributed by atoms with Gasteiger partial charge in [-0.15, -0.1) is 11.3 Å². The van der Waals surface area contributed by atoms with Crippen molar-refractivity contribution < 1.29 is 4.74 Å². The molecule has 0 unspecified atom stereocenters. The lowest BCUT2D eigenvalue weighted by atomic mass is 10.0. The van der Waals surface area contributed by atoms with E-state index in [1.807, 2.05) is 11.3 Å². The zero-order valence-corrected chi connectivity index (χ0v) is 14.2. The summed E-state index contributed by atoms with van der Waals surface area (Å²) in [5.41, 5.74) is 1.35. The van der Waals surface area contributed by atoms with E-state index in [2.05, 4.69) is 69.4 Å². The SMILES string of the molecule is CC(C)NCc1ccc(COc2ccc(C(C)C)cc2)s1. The monoisotopic (exact) mass is 303 g/mol. The normalized spacial score (nSPS) is 11.3. The van der Waals surface area contributed by atoms with Crippen molar-refractivity contribution in [1.29, 1.82) is 0 Å². The van der Waals surface area contributed by atoms with E-state index < -0.39 is 0 Å². The quantitative estimate of drug-likeness (QED) is 0.781. The lowest BCUT2D eigenvalue weighted by Crippen LogP contribution is -2.21. The number of hydrogen-bond donors (Lipinski definition) is 1. The zero-order valence-electron chi connectivity index (χ0n) is 13.3. The molecule has 1 aromatic carbocycles. The van der Waals surface area contributed by atoms with Gasteiger partial charge in [0.25, 0.3) is 0 Å². The minimum absolute atomic E-state index is 0.520. The van der Waals surface area contributed by atoms with Crippen molar-refractivity contribution in [1.82, 2.24) is 5.32 Å². The van der Waals surface area contributed by atoms with Crippen molar-refractivity contribution in [2.45, 2.75) is 52.8 Å². The third-order valence-electron chi connectivity index (χ3n) is 3.33. The maximum absolute atomic E-state index is 5.86. The summed E-state index contributed by atoms with van der Waals surface area (Å²) >= 11 is 1.81. The van der Waals surface area contributed by atoms with Crippen LogP contribution >= 0.6 is 11.3 Å². The number of rotatable bonds is 7. The highest BCUT2D eigenvalue weighted by Crippen LogP contribution is 2.21. The van der Waals surface area contributed by atoms with E-state index in [1.54, 1.807) is 0 Å². The second-order valence-electron chi connectivity index (χ2n) is 5.92. The standard InChI is InChI=1S/C18H25NOS/c1-13(2)15-5-7-16(8-6-15)20-12-18-10-9-17(21-18)11-19-14(3)4/h5-10,13-14,19H,11-12H2,1-4H3. The van der Waals surface area contributed by atoms with Gasteiger partial charge < -0.3 is 10.1 Å². The summed E-state index contributed by atoms with van der Waals surface area (Å²) in [6, 6.07) is 13.3. The van der Waals surface area contributed by atoms with Gasteiger partial charge in [-0.05, 0) is 35.7 Å².